The van der Waals surface area contributed by atoms with E-state index < -0.39 is 0 Å². The molecule has 3 nitrogen and oxygen atoms in total. The second-order valence-electron chi connectivity index (χ2n) is 6.36. The maximum Gasteiger partial charge on any atom is 0.407 e. The number of ether oxygens (including phenoxy) is 1. The van der Waals surface area contributed by atoms with Crippen molar-refractivity contribution in [1.29, 1.82) is 0 Å². The van der Waals surface area contributed by atoms with E-state index in [1.807, 2.05) is 19.9 Å². The zero-order valence-electron chi connectivity index (χ0n) is 15.2. The molecule has 22 heavy (non-hydrogen) atoms. The molecule has 0 atom stereocenters. The first-order chi connectivity index (χ1) is 10.3. The monoisotopic (exact) mass is 307 g/mol. The van der Waals surface area contributed by atoms with Crippen LogP contribution >= 0.6 is 0 Å². The smallest absolute Gasteiger partial charge is 0.407 e. The Bertz CT molecular complexity index is 413. The van der Waals surface area contributed by atoms with Crippen LogP contribution in [0.5, 0.6) is 0 Å². The summed E-state index contributed by atoms with van der Waals surface area (Å²) in [6.07, 6.45) is 10.5. The van der Waals surface area contributed by atoms with Gasteiger partial charge in [0.15, 0.2) is 0 Å². The predicted molar refractivity (Wildman–Crippen MR) is 95.0 cm³/mol. The van der Waals surface area contributed by atoms with Crippen LogP contribution in [0.25, 0.3) is 0 Å². The van der Waals surface area contributed by atoms with Gasteiger partial charge >= 0.3 is 6.09 Å². The predicted octanol–water partition coefficient (Wildman–Crippen LogP) is 5.54. The number of hydrogen-bond acceptors (Lipinski definition) is 2. The normalized spacial score (nSPS) is 12.3. The number of amides is 1. The zero-order chi connectivity index (χ0) is 17.0. The lowest BCUT2D eigenvalue weighted by Gasteiger charge is -2.08. The molecule has 0 aliphatic carbocycles. The van der Waals surface area contributed by atoms with Crippen LogP contribution in [0.15, 0.2) is 34.9 Å². The van der Waals surface area contributed by atoms with Gasteiger partial charge in [-0.15, -0.1) is 0 Å². The fourth-order valence-electron chi connectivity index (χ4n) is 1.88. The number of nitrogens with one attached hydrogen (secondary N) is 1. The molecule has 0 fully saturated rings. The van der Waals surface area contributed by atoms with Crippen LogP contribution < -0.4 is 5.32 Å². The highest BCUT2D eigenvalue weighted by molar-refractivity contribution is 5.67. The highest BCUT2D eigenvalue weighted by Gasteiger charge is 2.01. The second-order valence-corrected chi connectivity index (χ2v) is 6.36. The number of carbonyl (C=O) groups is 1. The molecule has 0 bridgehead atoms. The topological polar surface area (TPSA) is 38.3 Å². The molecule has 0 saturated carbocycles. The molecule has 126 valence electrons. The van der Waals surface area contributed by atoms with Crippen LogP contribution in [0, 0.1) is 0 Å². The molecule has 1 amide bonds. The van der Waals surface area contributed by atoms with Crippen molar-refractivity contribution in [2.24, 2.45) is 0 Å². The van der Waals surface area contributed by atoms with E-state index in [9.17, 15) is 4.79 Å². The van der Waals surface area contributed by atoms with E-state index in [-0.39, 0.29) is 12.1 Å². The van der Waals surface area contributed by atoms with E-state index in [2.05, 4.69) is 45.2 Å². The highest BCUT2D eigenvalue weighted by atomic mass is 16.5. The number of allylic oxidation sites excluding steroid dienone is 5. The van der Waals surface area contributed by atoms with Crippen molar-refractivity contribution >= 4 is 6.09 Å². The van der Waals surface area contributed by atoms with Crippen LogP contribution in [-0.2, 0) is 4.74 Å². The Hall–Kier alpha value is -1.51. The lowest BCUT2D eigenvalue weighted by Crippen LogP contribution is -2.30. The van der Waals surface area contributed by atoms with Gasteiger partial charge in [-0.05, 0) is 73.3 Å². The molecule has 1 N–H and O–H groups in total. The van der Waals surface area contributed by atoms with Gasteiger partial charge in [0, 0.05) is 6.04 Å². The Morgan fingerprint density at radius 3 is 2.05 bits per heavy atom. The molecule has 0 rings (SSSR count). The summed E-state index contributed by atoms with van der Waals surface area (Å²) in [6.45, 7) is 12.7. The van der Waals surface area contributed by atoms with Gasteiger partial charge in [0.2, 0.25) is 0 Å². The fraction of sp³-hybridized carbons (Fsp3) is 0.632. The van der Waals surface area contributed by atoms with Gasteiger partial charge in [-0.1, -0.05) is 28.9 Å². The van der Waals surface area contributed by atoms with Crippen LogP contribution in [0.3, 0.4) is 0 Å². The Morgan fingerprint density at radius 2 is 1.50 bits per heavy atom. The molecule has 0 aromatic carbocycles. The Balaban J connectivity index is 3.92. The average Bonchev–Trinajstić information content (AvgIpc) is 2.37. The van der Waals surface area contributed by atoms with Crippen molar-refractivity contribution in [3.8, 4) is 0 Å². The summed E-state index contributed by atoms with van der Waals surface area (Å²) in [7, 11) is 0. The van der Waals surface area contributed by atoms with Crippen molar-refractivity contribution in [2.45, 2.75) is 73.3 Å². The van der Waals surface area contributed by atoms with Gasteiger partial charge in [0.1, 0.15) is 6.61 Å². The first kappa shape index (κ1) is 20.5. The number of alkyl carbamates (subject to hydrolysis) is 1. The summed E-state index contributed by atoms with van der Waals surface area (Å²) >= 11 is 0. The van der Waals surface area contributed by atoms with Gasteiger partial charge in [0.25, 0.3) is 0 Å². The third kappa shape index (κ3) is 13.5. The highest BCUT2D eigenvalue weighted by Crippen LogP contribution is 2.11. The van der Waals surface area contributed by atoms with E-state index >= 15 is 0 Å². The SMILES string of the molecule is CC(C)=CCCC(C)=CCCC(C)=CCOC(=O)NC(C)C. The van der Waals surface area contributed by atoms with Crippen molar-refractivity contribution in [2.75, 3.05) is 6.61 Å². The molecule has 3 heteroatoms. The molecule has 0 aliphatic heterocycles. The molecular weight excluding hydrogens is 274 g/mol. The van der Waals surface area contributed by atoms with Crippen LogP contribution in [0.1, 0.15) is 67.2 Å². The minimum atomic E-state index is -0.353. The van der Waals surface area contributed by atoms with E-state index in [1.165, 1.54) is 16.7 Å². The average molecular weight is 307 g/mol. The Labute approximate surface area is 136 Å². The molecule has 0 radical (unpaired) electrons. The lowest BCUT2D eigenvalue weighted by molar-refractivity contribution is 0.155. The standard InChI is InChI=1S/C19H33NO2/c1-15(2)9-7-10-17(5)11-8-12-18(6)13-14-22-19(21)20-16(3)4/h9,11,13,16H,7-8,10,12,14H2,1-6H3,(H,20,21). The van der Waals surface area contributed by atoms with Crippen LogP contribution in [-0.4, -0.2) is 18.7 Å². The van der Waals surface area contributed by atoms with Crippen LogP contribution in [0.4, 0.5) is 4.79 Å². The summed E-state index contributed by atoms with van der Waals surface area (Å²) in [6, 6.07) is 0.108. The Kier molecular flexibility index (Phi) is 11.2. The largest absolute Gasteiger partial charge is 0.445 e. The van der Waals surface area contributed by atoms with E-state index in [4.69, 9.17) is 4.74 Å². The summed E-state index contributed by atoms with van der Waals surface area (Å²) in [5.41, 5.74) is 4.08. The maximum atomic E-state index is 11.3. The molecule has 0 unspecified atom stereocenters. The first-order valence-corrected chi connectivity index (χ1v) is 8.19. The minimum absolute atomic E-state index is 0.108. The molecule has 0 spiro atoms. The number of hydrogen-bond donors (Lipinski definition) is 1. The molecule has 0 aromatic rings. The van der Waals surface area contributed by atoms with Crippen molar-refractivity contribution < 1.29 is 9.53 Å². The molecule has 0 heterocycles. The third-order valence-electron chi connectivity index (χ3n) is 3.18. The van der Waals surface area contributed by atoms with Crippen molar-refractivity contribution in [3.63, 3.8) is 0 Å². The number of rotatable bonds is 9. The fourth-order valence-corrected chi connectivity index (χ4v) is 1.88. The minimum Gasteiger partial charge on any atom is -0.445 e. The number of carbonyl (C=O) groups excluding carboxylic acids is 1. The van der Waals surface area contributed by atoms with Gasteiger partial charge in [-0.2, -0.15) is 0 Å². The van der Waals surface area contributed by atoms with E-state index in [0.29, 0.717) is 6.61 Å². The van der Waals surface area contributed by atoms with Gasteiger partial charge < -0.3 is 10.1 Å². The summed E-state index contributed by atoms with van der Waals surface area (Å²) < 4.78 is 5.08. The molecular formula is C19H33NO2. The lowest BCUT2D eigenvalue weighted by atomic mass is 10.1. The molecule has 0 aromatic heterocycles. The van der Waals surface area contributed by atoms with Gasteiger partial charge in [-0.25, -0.2) is 4.79 Å². The summed E-state index contributed by atoms with van der Waals surface area (Å²) in [4.78, 5) is 11.3. The second kappa shape index (κ2) is 12.1. The van der Waals surface area contributed by atoms with E-state index in [0.717, 1.165) is 25.7 Å². The summed E-state index contributed by atoms with van der Waals surface area (Å²) in [5, 5.41) is 2.70. The van der Waals surface area contributed by atoms with Crippen molar-refractivity contribution in [3.05, 3.63) is 34.9 Å². The quantitative estimate of drug-likeness (QED) is 0.568. The maximum absolute atomic E-state index is 11.3. The van der Waals surface area contributed by atoms with Gasteiger partial charge in [-0.3, -0.25) is 0 Å². The van der Waals surface area contributed by atoms with Crippen molar-refractivity contribution in [1.82, 2.24) is 5.32 Å². The molecule has 0 saturated heterocycles. The van der Waals surface area contributed by atoms with E-state index in [1.54, 1.807) is 0 Å². The third-order valence-corrected chi connectivity index (χ3v) is 3.18. The van der Waals surface area contributed by atoms with Crippen LogP contribution in [0.2, 0.25) is 0 Å². The summed E-state index contributed by atoms with van der Waals surface area (Å²) in [5.74, 6) is 0. The van der Waals surface area contributed by atoms with Gasteiger partial charge in [0.05, 0.1) is 0 Å². The zero-order valence-corrected chi connectivity index (χ0v) is 15.2. The molecule has 0 aliphatic rings. The Morgan fingerprint density at radius 1 is 0.955 bits per heavy atom. The first-order valence-electron chi connectivity index (χ1n) is 8.19.